The van der Waals surface area contributed by atoms with E-state index < -0.39 is 23.8 Å². The van der Waals surface area contributed by atoms with E-state index in [0.29, 0.717) is 0 Å². The van der Waals surface area contributed by atoms with Crippen molar-refractivity contribution in [2.75, 3.05) is 5.75 Å². The van der Waals surface area contributed by atoms with Gasteiger partial charge in [0.1, 0.15) is 0 Å². The average molecular weight is 317 g/mol. The number of hydrogen-bond donors (Lipinski definition) is 2. The number of aliphatic hydroxyl groups is 1. The van der Waals surface area contributed by atoms with E-state index in [2.05, 4.69) is 5.32 Å². The molecule has 1 aromatic rings. The van der Waals surface area contributed by atoms with E-state index in [1.807, 2.05) is 20.8 Å². The molecule has 0 heterocycles. The van der Waals surface area contributed by atoms with Gasteiger partial charge in [-0.1, -0.05) is 26.8 Å². The van der Waals surface area contributed by atoms with Crippen LogP contribution in [0.2, 0.25) is 0 Å². The smallest absolute Gasteiger partial charge is 0.230 e. The number of benzene rings is 1. The quantitative estimate of drug-likeness (QED) is 0.877. The lowest BCUT2D eigenvalue weighted by Gasteiger charge is -2.22. The van der Waals surface area contributed by atoms with Crippen LogP contribution in [0.4, 0.5) is 8.78 Å². The van der Waals surface area contributed by atoms with Gasteiger partial charge in [0, 0.05) is 4.75 Å². The zero-order chi connectivity index (χ0) is 16.2. The highest BCUT2D eigenvalue weighted by Gasteiger charge is 2.21. The van der Waals surface area contributed by atoms with Gasteiger partial charge < -0.3 is 10.4 Å². The highest BCUT2D eigenvalue weighted by molar-refractivity contribution is 8.01. The second kappa shape index (κ2) is 7.22. The van der Waals surface area contributed by atoms with Crippen LogP contribution in [0.25, 0.3) is 0 Å². The molecule has 6 heteroatoms. The van der Waals surface area contributed by atoms with Crippen LogP contribution in [-0.2, 0) is 4.79 Å². The molecule has 0 aliphatic rings. The largest absolute Gasteiger partial charge is 0.386 e. The zero-order valence-corrected chi connectivity index (χ0v) is 13.4. The summed E-state index contributed by atoms with van der Waals surface area (Å²) in [7, 11) is 0. The van der Waals surface area contributed by atoms with Crippen LogP contribution >= 0.6 is 11.8 Å². The molecule has 0 saturated heterocycles. The molecule has 0 aromatic heterocycles. The molecule has 2 atom stereocenters. The molecule has 3 nitrogen and oxygen atoms in total. The van der Waals surface area contributed by atoms with Gasteiger partial charge in [0.05, 0.1) is 17.9 Å². The lowest BCUT2D eigenvalue weighted by atomic mass is 10.0. The normalized spacial score (nSPS) is 14.6. The van der Waals surface area contributed by atoms with Gasteiger partial charge in [-0.05, 0) is 24.6 Å². The van der Waals surface area contributed by atoms with E-state index in [0.717, 1.165) is 12.1 Å². The van der Waals surface area contributed by atoms with Crippen molar-refractivity contribution >= 4 is 17.7 Å². The third-order valence-electron chi connectivity index (χ3n) is 2.78. The fraction of sp³-hybridized carbons (Fsp3) is 0.533. The third-order valence-corrected chi connectivity index (χ3v) is 4.06. The van der Waals surface area contributed by atoms with Gasteiger partial charge in [0.25, 0.3) is 0 Å². The van der Waals surface area contributed by atoms with Crippen LogP contribution in [0.5, 0.6) is 0 Å². The molecule has 0 bridgehead atoms. The number of carbonyl (C=O) groups excluding carboxylic acids is 1. The van der Waals surface area contributed by atoms with Crippen molar-refractivity contribution in [3.63, 3.8) is 0 Å². The number of amides is 1. The first-order valence-corrected chi connectivity index (χ1v) is 7.65. The Kier molecular flexibility index (Phi) is 6.16. The van der Waals surface area contributed by atoms with Crippen molar-refractivity contribution in [1.29, 1.82) is 0 Å². The molecule has 21 heavy (non-hydrogen) atoms. The molecule has 0 saturated carbocycles. The number of nitrogens with one attached hydrogen (secondary N) is 1. The van der Waals surface area contributed by atoms with Gasteiger partial charge in [-0.15, -0.1) is 11.8 Å². The molecule has 2 N–H and O–H groups in total. The van der Waals surface area contributed by atoms with E-state index in [1.165, 1.54) is 17.8 Å². The second-order valence-electron chi connectivity index (χ2n) is 5.88. The molecule has 1 amide bonds. The standard InChI is InChI=1S/C15H21F2NO2S/c1-9(18-13(19)8-21-15(2,3)4)14(20)10-5-6-11(16)12(17)7-10/h5-7,9,14,20H,8H2,1-4H3,(H,18,19). The number of thioether (sulfide) groups is 1. The zero-order valence-electron chi connectivity index (χ0n) is 12.6. The Morgan fingerprint density at radius 2 is 1.95 bits per heavy atom. The SMILES string of the molecule is CC(NC(=O)CSC(C)(C)C)C(O)c1ccc(F)c(F)c1. The summed E-state index contributed by atoms with van der Waals surface area (Å²) < 4.78 is 26.0. The monoisotopic (exact) mass is 317 g/mol. The summed E-state index contributed by atoms with van der Waals surface area (Å²) in [5, 5.41) is 12.7. The van der Waals surface area contributed by atoms with Crippen molar-refractivity contribution in [2.24, 2.45) is 0 Å². The summed E-state index contributed by atoms with van der Waals surface area (Å²) in [6, 6.07) is 2.60. The van der Waals surface area contributed by atoms with Crippen LogP contribution in [0.3, 0.4) is 0 Å². The summed E-state index contributed by atoms with van der Waals surface area (Å²) >= 11 is 1.49. The van der Waals surface area contributed by atoms with Crippen molar-refractivity contribution in [3.8, 4) is 0 Å². The minimum atomic E-state index is -1.09. The maximum absolute atomic E-state index is 13.1. The first-order chi connectivity index (χ1) is 9.60. The van der Waals surface area contributed by atoms with Gasteiger partial charge in [-0.25, -0.2) is 8.78 Å². The third kappa shape index (κ3) is 6.01. The molecule has 2 unspecified atom stereocenters. The van der Waals surface area contributed by atoms with Crippen LogP contribution in [0.15, 0.2) is 18.2 Å². The van der Waals surface area contributed by atoms with Gasteiger partial charge in [-0.3, -0.25) is 4.79 Å². The maximum Gasteiger partial charge on any atom is 0.230 e. The van der Waals surface area contributed by atoms with Gasteiger partial charge in [0.2, 0.25) is 5.91 Å². The van der Waals surface area contributed by atoms with E-state index in [9.17, 15) is 18.7 Å². The number of carbonyl (C=O) groups is 1. The Bertz CT molecular complexity index is 503. The molecule has 1 aromatic carbocycles. The topological polar surface area (TPSA) is 49.3 Å². The second-order valence-corrected chi connectivity index (χ2v) is 7.68. The Labute approximate surface area is 128 Å². The Morgan fingerprint density at radius 3 is 2.48 bits per heavy atom. The van der Waals surface area contributed by atoms with Crippen LogP contribution in [0.1, 0.15) is 39.4 Å². The van der Waals surface area contributed by atoms with Crippen LogP contribution < -0.4 is 5.32 Å². The fourth-order valence-electron chi connectivity index (χ4n) is 1.64. The fourth-order valence-corrected chi connectivity index (χ4v) is 2.29. The molecule has 1 rings (SSSR count). The molecular formula is C15H21F2NO2S. The summed E-state index contributed by atoms with van der Waals surface area (Å²) in [6.07, 6.45) is -1.09. The lowest BCUT2D eigenvalue weighted by Crippen LogP contribution is -2.38. The molecule has 0 radical (unpaired) electrons. The molecular weight excluding hydrogens is 296 g/mol. The number of aliphatic hydroxyl groups excluding tert-OH is 1. The predicted molar refractivity (Wildman–Crippen MR) is 81.1 cm³/mol. The maximum atomic E-state index is 13.1. The van der Waals surface area contributed by atoms with Crippen LogP contribution in [0, 0.1) is 11.6 Å². The molecule has 0 spiro atoms. The summed E-state index contributed by atoms with van der Waals surface area (Å²) in [4.78, 5) is 11.8. The molecule has 118 valence electrons. The van der Waals surface area contributed by atoms with Crippen molar-refractivity contribution < 1.29 is 18.7 Å². The van der Waals surface area contributed by atoms with E-state index in [-0.39, 0.29) is 22.0 Å². The minimum absolute atomic E-state index is 0.0285. The van der Waals surface area contributed by atoms with E-state index in [4.69, 9.17) is 0 Å². The summed E-state index contributed by atoms with van der Waals surface area (Å²) in [5.41, 5.74) is 0.227. The Hall–Kier alpha value is -1.14. The van der Waals surface area contributed by atoms with Crippen molar-refractivity contribution in [3.05, 3.63) is 35.4 Å². The van der Waals surface area contributed by atoms with E-state index in [1.54, 1.807) is 6.92 Å². The molecule has 0 aliphatic heterocycles. The van der Waals surface area contributed by atoms with E-state index >= 15 is 0 Å². The predicted octanol–water partition coefficient (Wildman–Crippen LogP) is 3.03. The van der Waals surface area contributed by atoms with Gasteiger partial charge >= 0.3 is 0 Å². The first kappa shape index (κ1) is 17.9. The van der Waals surface area contributed by atoms with Crippen molar-refractivity contribution in [2.45, 2.75) is 44.6 Å². The number of hydrogen-bond acceptors (Lipinski definition) is 3. The lowest BCUT2D eigenvalue weighted by molar-refractivity contribution is -0.119. The average Bonchev–Trinajstić information content (AvgIpc) is 2.38. The molecule has 0 fully saturated rings. The minimum Gasteiger partial charge on any atom is -0.386 e. The van der Waals surface area contributed by atoms with Gasteiger partial charge in [0.15, 0.2) is 11.6 Å². The summed E-state index contributed by atoms with van der Waals surface area (Å²) in [5.74, 6) is -1.92. The first-order valence-electron chi connectivity index (χ1n) is 6.66. The highest BCUT2D eigenvalue weighted by Crippen LogP contribution is 2.23. The molecule has 0 aliphatic carbocycles. The summed E-state index contributed by atoms with van der Waals surface area (Å²) in [6.45, 7) is 7.63. The number of halogens is 2. The Balaban J connectivity index is 2.59. The number of rotatable bonds is 5. The van der Waals surface area contributed by atoms with Crippen LogP contribution in [-0.4, -0.2) is 27.6 Å². The van der Waals surface area contributed by atoms with Gasteiger partial charge in [-0.2, -0.15) is 0 Å². The highest BCUT2D eigenvalue weighted by atomic mass is 32.2. The Morgan fingerprint density at radius 1 is 1.33 bits per heavy atom. The van der Waals surface area contributed by atoms with Crippen molar-refractivity contribution in [1.82, 2.24) is 5.32 Å².